The molecule has 4 heterocycles. The van der Waals surface area contributed by atoms with Gasteiger partial charge in [0.05, 0.1) is 6.54 Å². The summed E-state index contributed by atoms with van der Waals surface area (Å²) in [6, 6.07) is 8.58. The van der Waals surface area contributed by atoms with Crippen LogP contribution in [0, 0.1) is 0 Å². The van der Waals surface area contributed by atoms with Gasteiger partial charge in [-0.05, 0) is 44.8 Å². The number of rotatable bonds is 4. The Hall–Kier alpha value is -2.71. The summed E-state index contributed by atoms with van der Waals surface area (Å²) < 4.78 is 0. The molecule has 0 saturated carbocycles. The smallest absolute Gasteiger partial charge is 0.242 e. The number of benzene rings is 1. The van der Waals surface area contributed by atoms with E-state index in [1.54, 1.807) is 0 Å². The van der Waals surface area contributed by atoms with E-state index >= 15 is 0 Å². The lowest BCUT2D eigenvalue weighted by molar-refractivity contribution is -0.131. The molecule has 0 N–H and O–H groups in total. The molecule has 0 aliphatic carbocycles. The van der Waals surface area contributed by atoms with Gasteiger partial charge in [0.1, 0.15) is 5.82 Å². The highest BCUT2D eigenvalue weighted by molar-refractivity contribution is 5.82. The van der Waals surface area contributed by atoms with Gasteiger partial charge in [-0.25, -0.2) is 9.97 Å². The summed E-state index contributed by atoms with van der Waals surface area (Å²) >= 11 is 0. The van der Waals surface area contributed by atoms with Crippen molar-refractivity contribution >= 4 is 17.4 Å². The zero-order valence-corrected chi connectivity index (χ0v) is 19.2. The van der Waals surface area contributed by atoms with Crippen molar-refractivity contribution in [2.75, 3.05) is 89.3 Å². The fourth-order valence-corrected chi connectivity index (χ4v) is 4.71. The largest absolute Gasteiger partial charge is 0.369 e. The average Bonchev–Trinajstić information content (AvgIpc) is 3.22. The van der Waals surface area contributed by atoms with Crippen molar-refractivity contribution in [3.63, 3.8) is 0 Å². The molecule has 2 fully saturated rings. The number of amides is 1. The van der Waals surface area contributed by atoms with Crippen molar-refractivity contribution in [3.8, 4) is 11.4 Å². The second-order valence-electron chi connectivity index (χ2n) is 9.24. The predicted molar refractivity (Wildman–Crippen MR) is 127 cm³/mol. The number of likely N-dealkylation sites (N-methyl/N-ethyl adjacent to an activating group) is 2. The number of anilines is 2. The molecule has 0 atom stereocenters. The molecule has 1 amide bonds. The number of aromatic nitrogens is 2. The minimum absolute atomic E-state index is 0.197. The normalized spacial score (nSPS) is 20.0. The van der Waals surface area contributed by atoms with Gasteiger partial charge in [-0.2, -0.15) is 0 Å². The van der Waals surface area contributed by atoms with E-state index in [-0.39, 0.29) is 5.91 Å². The zero-order chi connectivity index (χ0) is 22.1. The third kappa shape index (κ3) is 4.42. The Balaban J connectivity index is 1.28. The standard InChI is InChI=1S/C24H33N7O/c1-27-9-13-29(14-10-27)21-5-3-19(4-6-21)23-25-17-20-7-8-31(24(20)26-23)18-22(32)30-15-11-28(2)12-16-30/h3-6,17H,7-16,18H2,1-2H3. The molecule has 3 aliphatic heterocycles. The van der Waals surface area contributed by atoms with Crippen molar-refractivity contribution in [1.29, 1.82) is 0 Å². The maximum absolute atomic E-state index is 12.8. The van der Waals surface area contributed by atoms with Gasteiger partial charge >= 0.3 is 0 Å². The highest BCUT2D eigenvalue weighted by Crippen LogP contribution is 2.29. The maximum Gasteiger partial charge on any atom is 0.242 e. The van der Waals surface area contributed by atoms with Crippen LogP contribution in [0.3, 0.4) is 0 Å². The topological polar surface area (TPSA) is 59.1 Å². The maximum atomic E-state index is 12.8. The predicted octanol–water partition coefficient (Wildman–Crippen LogP) is 1.03. The van der Waals surface area contributed by atoms with Crippen LogP contribution in [0.15, 0.2) is 30.5 Å². The Labute approximate surface area is 190 Å². The van der Waals surface area contributed by atoms with Gasteiger partial charge in [-0.1, -0.05) is 0 Å². The Morgan fingerprint density at radius 1 is 0.875 bits per heavy atom. The Morgan fingerprint density at radius 2 is 1.53 bits per heavy atom. The first kappa shape index (κ1) is 21.2. The SMILES string of the molecule is CN1CCN(C(=O)CN2CCc3cnc(-c4ccc(N5CCN(C)CC5)cc4)nc32)CC1. The lowest BCUT2D eigenvalue weighted by atomic mass is 10.1. The van der Waals surface area contributed by atoms with E-state index in [9.17, 15) is 4.79 Å². The summed E-state index contributed by atoms with van der Waals surface area (Å²) in [7, 11) is 4.28. The quantitative estimate of drug-likeness (QED) is 0.711. The number of carbonyl (C=O) groups excluding carboxylic acids is 1. The molecule has 5 rings (SSSR count). The first-order valence-electron chi connectivity index (χ1n) is 11.7. The zero-order valence-electron chi connectivity index (χ0n) is 19.2. The number of nitrogens with zero attached hydrogens (tertiary/aromatic N) is 7. The number of hydrogen-bond acceptors (Lipinski definition) is 7. The summed E-state index contributed by atoms with van der Waals surface area (Å²) in [4.78, 5) is 33.5. The summed E-state index contributed by atoms with van der Waals surface area (Å²) in [6.07, 6.45) is 2.83. The van der Waals surface area contributed by atoms with E-state index in [2.05, 4.69) is 62.9 Å². The van der Waals surface area contributed by atoms with Crippen molar-refractivity contribution in [1.82, 2.24) is 24.7 Å². The molecule has 2 saturated heterocycles. The van der Waals surface area contributed by atoms with E-state index in [1.165, 1.54) is 5.69 Å². The molecule has 170 valence electrons. The van der Waals surface area contributed by atoms with Crippen LogP contribution in [0.2, 0.25) is 0 Å². The number of hydrogen-bond donors (Lipinski definition) is 0. The van der Waals surface area contributed by atoms with Crippen LogP contribution < -0.4 is 9.80 Å². The van der Waals surface area contributed by atoms with E-state index in [0.29, 0.717) is 6.54 Å². The summed E-state index contributed by atoms with van der Waals surface area (Å²) in [5.41, 5.74) is 3.40. The number of carbonyl (C=O) groups is 1. The Morgan fingerprint density at radius 3 is 2.22 bits per heavy atom. The second kappa shape index (κ2) is 9.03. The lowest BCUT2D eigenvalue weighted by Crippen LogP contribution is -2.50. The van der Waals surface area contributed by atoms with Gasteiger partial charge < -0.3 is 24.5 Å². The minimum atomic E-state index is 0.197. The molecule has 3 aliphatic rings. The van der Waals surface area contributed by atoms with Crippen molar-refractivity contribution in [3.05, 3.63) is 36.0 Å². The molecule has 0 spiro atoms. The molecule has 0 unspecified atom stereocenters. The van der Waals surface area contributed by atoms with Gasteiger partial charge in [0, 0.05) is 81.9 Å². The number of piperazine rings is 2. The third-order valence-electron chi connectivity index (χ3n) is 6.97. The molecule has 2 aromatic rings. The molecular formula is C24H33N7O. The summed E-state index contributed by atoms with van der Waals surface area (Å²) in [6.45, 7) is 9.04. The van der Waals surface area contributed by atoms with E-state index in [0.717, 1.165) is 88.1 Å². The van der Waals surface area contributed by atoms with Gasteiger partial charge in [0.15, 0.2) is 5.82 Å². The molecule has 0 bridgehead atoms. The minimum Gasteiger partial charge on any atom is -0.369 e. The first-order chi connectivity index (χ1) is 15.6. The summed E-state index contributed by atoms with van der Waals surface area (Å²) in [5, 5.41) is 0. The molecular weight excluding hydrogens is 402 g/mol. The van der Waals surface area contributed by atoms with Crippen LogP contribution in [0.5, 0.6) is 0 Å². The highest BCUT2D eigenvalue weighted by Gasteiger charge is 2.27. The van der Waals surface area contributed by atoms with Crippen LogP contribution in [0.1, 0.15) is 5.56 Å². The molecule has 32 heavy (non-hydrogen) atoms. The highest BCUT2D eigenvalue weighted by atomic mass is 16.2. The lowest BCUT2D eigenvalue weighted by Gasteiger charge is -2.34. The monoisotopic (exact) mass is 435 g/mol. The van der Waals surface area contributed by atoms with Gasteiger partial charge in [0.25, 0.3) is 0 Å². The first-order valence-corrected chi connectivity index (χ1v) is 11.7. The van der Waals surface area contributed by atoms with Crippen LogP contribution in [-0.4, -0.2) is 110 Å². The van der Waals surface area contributed by atoms with E-state index < -0.39 is 0 Å². The molecule has 1 aromatic carbocycles. The molecule has 8 nitrogen and oxygen atoms in total. The van der Waals surface area contributed by atoms with Crippen LogP contribution >= 0.6 is 0 Å². The summed E-state index contributed by atoms with van der Waals surface area (Å²) in [5.74, 6) is 1.84. The molecule has 8 heteroatoms. The fourth-order valence-electron chi connectivity index (χ4n) is 4.71. The van der Waals surface area contributed by atoms with Crippen LogP contribution in [-0.2, 0) is 11.2 Å². The van der Waals surface area contributed by atoms with Crippen molar-refractivity contribution < 1.29 is 4.79 Å². The van der Waals surface area contributed by atoms with Crippen molar-refractivity contribution in [2.24, 2.45) is 0 Å². The van der Waals surface area contributed by atoms with Crippen LogP contribution in [0.25, 0.3) is 11.4 Å². The van der Waals surface area contributed by atoms with Gasteiger partial charge in [0.2, 0.25) is 5.91 Å². The Bertz CT molecular complexity index is 947. The van der Waals surface area contributed by atoms with Gasteiger partial charge in [-0.3, -0.25) is 4.79 Å². The second-order valence-corrected chi connectivity index (χ2v) is 9.24. The number of fused-ring (bicyclic) bond motifs is 1. The van der Waals surface area contributed by atoms with Crippen molar-refractivity contribution in [2.45, 2.75) is 6.42 Å². The fraction of sp³-hybridized carbons (Fsp3) is 0.542. The average molecular weight is 436 g/mol. The third-order valence-corrected chi connectivity index (χ3v) is 6.97. The van der Waals surface area contributed by atoms with Gasteiger partial charge in [-0.15, -0.1) is 0 Å². The Kier molecular flexibility index (Phi) is 5.97. The molecule has 1 aromatic heterocycles. The van der Waals surface area contributed by atoms with E-state index in [1.807, 2.05) is 11.1 Å². The van der Waals surface area contributed by atoms with E-state index in [4.69, 9.17) is 4.98 Å². The molecule has 0 radical (unpaired) electrons. The van der Waals surface area contributed by atoms with Crippen LogP contribution in [0.4, 0.5) is 11.5 Å².